The molecule has 1 aromatic carbocycles. The Balaban J connectivity index is 1.61. The van der Waals surface area contributed by atoms with E-state index < -0.39 is 0 Å². The average molecular weight is 286 g/mol. The fourth-order valence-electron chi connectivity index (χ4n) is 2.82. The molecule has 0 atom stereocenters. The Kier molecular flexibility index (Phi) is 3.65. The van der Waals surface area contributed by atoms with Gasteiger partial charge in [-0.15, -0.1) is 0 Å². The van der Waals surface area contributed by atoms with Crippen LogP contribution in [0.3, 0.4) is 0 Å². The van der Waals surface area contributed by atoms with E-state index in [-0.39, 0.29) is 17.6 Å². The first-order valence-corrected chi connectivity index (χ1v) is 7.04. The fourth-order valence-corrected chi connectivity index (χ4v) is 2.99. The van der Waals surface area contributed by atoms with E-state index in [2.05, 4.69) is 5.32 Å². The van der Waals surface area contributed by atoms with Crippen LogP contribution in [0.1, 0.15) is 25.7 Å². The van der Waals surface area contributed by atoms with E-state index in [1.54, 1.807) is 6.07 Å². The van der Waals surface area contributed by atoms with E-state index in [1.165, 1.54) is 12.1 Å². The highest BCUT2D eigenvalue weighted by atomic mass is 35.5. The zero-order valence-electron chi connectivity index (χ0n) is 10.6. The van der Waals surface area contributed by atoms with Crippen LogP contribution in [0.5, 0.6) is 0 Å². The lowest BCUT2D eigenvalue weighted by atomic mass is 9.90. The van der Waals surface area contributed by atoms with Crippen molar-refractivity contribution in [1.29, 1.82) is 0 Å². The molecule has 1 spiro atoms. The summed E-state index contributed by atoms with van der Waals surface area (Å²) >= 11 is 6.06. The van der Waals surface area contributed by atoms with E-state index in [4.69, 9.17) is 21.1 Å². The topological polar surface area (TPSA) is 30.5 Å². The standard InChI is InChI=1S/C14H17ClFNO2/c15-12-2-1-10(16)9-13(12)17-11-3-5-14(6-4-11)18-7-8-19-14/h1-2,9,11,17H,3-8H2. The molecule has 1 N–H and O–H groups in total. The summed E-state index contributed by atoms with van der Waals surface area (Å²) in [4.78, 5) is 0. The summed E-state index contributed by atoms with van der Waals surface area (Å²) in [5.41, 5.74) is 0.663. The predicted molar refractivity (Wildman–Crippen MR) is 71.9 cm³/mol. The van der Waals surface area contributed by atoms with Crippen molar-refractivity contribution in [2.75, 3.05) is 18.5 Å². The third kappa shape index (κ3) is 2.86. The lowest BCUT2D eigenvalue weighted by Gasteiger charge is -2.36. The second kappa shape index (κ2) is 5.27. The summed E-state index contributed by atoms with van der Waals surface area (Å²) in [6.07, 6.45) is 3.62. The van der Waals surface area contributed by atoms with E-state index in [0.717, 1.165) is 25.7 Å². The van der Waals surface area contributed by atoms with Crippen LogP contribution in [0.25, 0.3) is 0 Å². The van der Waals surface area contributed by atoms with Gasteiger partial charge in [0.1, 0.15) is 5.82 Å². The van der Waals surface area contributed by atoms with Gasteiger partial charge in [0.25, 0.3) is 0 Å². The SMILES string of the molecule is Fc1ccc(Cl)c(NC2CCC3(CC2)OCCO3)c1. The number of nitrogens with one attached hydrogen (secondary N) is 1. The van der Waals surface area contributed by atoms with Gasteiger partial charge in [0.2, 0.25) is 0 Å². The average Bonchev–Trinajstić information content (AvgIpc) is 2.85. The first-order valence-electron chi connectivity index (χ1n) is 6.66. The van der Waals surface area contributed by atoms with Crippen molar-refractivity contribution in [2.24, 2.45) is 0 Å². The van der Waals surface area contributed by atoms with Crippen LogP contribution in [-0.2, 0) is 9.47 Å². The summed E-state index contributed by atoms with van der Waals surface area (Å²) in [5.74, 6) is -0.633. The Labute approximate surface area is 117 Å². The number of anilines is 1. The molecule has 1 aliphatic heterocycles. The molecule has 0 radical (unpaired) electrons. The molecule has 1 aliphatic carbocycles. The molecule has 3 rings (SSSR count). The van der Waals surface area contributed by atoms with Gasteiger partial charge in [-0.25, -0.2) is 4.39 Å². The van der Waals surface area contributed by atoms with Gasteiger partial charge in [0, 0.05) is 18.9 Å². The molecule has 1 heterocycles. The number of ether oxygens (including phenoxy) is 2. The smallest absolute Gasteiger partial charge is 0.168 e. The molecule has 104 valence electrons. The normalized spacial score (nSPS) is 22.8. The minimum absolute atomic E-state index is 0.276. The summed E-state index contributed by atoms with van der Waals surface area (Å²) in [5, 5.41) is 3.86. The van der Waals surface area contributed by atoms with Gasteiger partial charge in [0.05, 0.1) is 23.9 Å². The largest absolute Gasteiger partial charge is 0.381 e. The Hall–Kier alpha value is -0.840. The molecule has 3 nitrogen and oxygen atoms in total. The first-order chi connectivity index (χ1) is 9.17. The van der Waals surface area contributed by atoms with Crippen LogP contribution in [0, 0.1) is 5.82 Å². The molecule has 1 saturated carbocycles. The van der Waals surface area contributed by atoms with E-state index in [0.29, 0.717) is 23.9 Å². The third-order valence-corrected chi connectivity index (χ3v) is 4.18. The minimum atomic E-state index is -0.357. The van der Waals surface area contributed by atoms with E-state index in [9.17, 15) is 4.39 Å². The minimum Gasteiger partial charge on any atom is -0.381 e. The lowest BCUT2D eigenvalue weighted by molar-refractivity contribution is -0.177. The molecule has 0 amide bonds. The van der Waals surface area contributed by atoms with E-state index >= 15 is 0 Å². The number of halogens is 2. The molecule has 1 aromatic rings. The summed E-state index contributed by atoms with van der Waals surface area (Å²) in [6.45, 7) is 1.38. The molecular weight excluding hydrogens is 269 g/mol. The summed E-state index contributed by atoms with van der Waals surface area (Å²) in [6, 6.07) is 4.67. The van der Waals surface area contributed by atoms with Crippen molar-refractivity contribution >= 4 is 17.3 Å². The first kappa shape index (κ1) is 13.2. The highest BCUT2D eigenvalue weighted by Gasteiger charge is 2.40. The van der Waals surface area contributed by atoms with Crippen LogP contribution < -0.4 is 5.32 Å². The fraction of sp³-hybridized carbons (Fsp3) is 0.571. The molecule has 1 saturated heterocycles. The number of hydrogen-bond acceptors (Lipinski definition) is 3. The van der Waals surface area contributed by atoms with Crippen molar-refractivity contribution in [2.45, 2.75) is 37.5 Å². The Bertz CT molecular complexity index is 453. The van der Waals surface area contributed by atoms with Gasteiger partial charge in [-0.05, 0) is 31.0 Å². The maximum absolute atomic E-state index is 13.2. The van der Waals surface area contributed by atoms with Crippen LogP contribution in [0.15, 0.2) is 18.2 Å². The number of hydrogen-bond donors (Lipinski definition) is 1. The van der Waals surface area contributed by atoms with Crippen LogP contribution >= 0.6 is 11.6 Å². The zero-order chi connectivity index (χ0) is 13.3. The molecule has 0 aromatic heterocycles. The molecule has 0 bridgehead atoms. The summed E-state index contributed by atoms with van der Waals surface area (Å²) in [7, 11) is 0. The Morgan fingerprint density at radius 3 is 2.58 bits per heavy atom. The maximum atomic E-state index is 13.2. The highest BCUT2D eigenvalue weighted by molar-refractivity contribution is 6.33. The van der Waals surface area contributed by atoms with Gasteiger partial charge >= 0.3 is 0 Å². The van der Waals surface area contributed by atoms with Crippen LogP contribution in [0.4, 0.5) is 10.1 Å². The second-order valence-corrected chi connectivity index (χ2v) is 5.56. The molecule has 2 aliphatic rings. The lowest BCUT2D eigenvalue weighted by Crippen LogP contribution is -2.39. The van der Waals surface area contributed by atoms with Crippen molar-refractivity contribution in [3.63, 3.8) is 0 Å². The predicted octanol–water partition coefficient (Wildman–Crippen LogP) is 3.58. The summed E-state index contributed by atoms with van der Waals surface area (Å²) < 4.78 is 24.6. The monoisotopic (exact) mass is 285 g/mol. The van der Waals surface area contributed by atoms with E-state index in [1.807, 2.05) is 0 Å². The van der Waals surface area contributed by atoms with Gasteiger partial charge < -0.3 is 14.8 Å². The quantitative estimate of drug-likeness (QED) is 0.901. The number of rotatable bonds is 2. The van der Waals surface area contributed by atoms with Gasteiger partial charge in [0.15, 0.2) is 5.79 Å². The maximum Gasteiger partial charge on any atom is 0.168 e. The third-order valence-electron chi connectivity index (χ3n) is 3.85. The molecule has 2 fully saturated rings. The van der Waals surface area contributed by atoms with Crippen molar-refractivity contribution < 1.29 is 13.9 Å². The van der Waals surface area contributed by atoms with Crippen molar-refractivity contribution in [3.8, 4) is 0 Å². The zero-order valence-corrected chi connectivity index (χ0v) is 11.4. The Morgan fingerprint density at radius 2 is 1.89 bits per heavy atom. The Morgan fingerprint density at radius 1 is 1.21 bits per heavy atom. The van der Waals surface area contributed by atoms with Gasteiger partial charge in [-0.3, -0.25) is 0 Å². The van der Waals surface area contributed by atoms with Gasteiger partial charge in [-0.2, -0.15) is 0 Å². The van der Waals surface area contributed by atoms with Crippen molar-refractivity contribution in [3.05, 3.63) is 29.0 Å². The number of benzene rings is 1. The van der Waals surface area contributed by atoms with Crippen LogP contribution in [0.2, 0.25) is 5.02 Å². The second-order valence-electron chi connectivity index (χ2n) is 5.15. The van der Waals surface area contributed by atoms with Crippen LogP contribution in [-0.4, -0.2) is 25.0 Å². The highest BCUT2D eigenvalue weighted by Crippen LogP contribution is 2.37. The van der Waals surface area contributed by atoms with Gasteiger partial charge in [-0.1, -0.05) is 11.6 Å². The molecular formula is C14H17ClFNO2. The molecule has 0 unspecified atom stereocenters. The van der Waals surface area contributed by atoms with Crippen molar-refractivity contribution in [1.82, 2.24) is 0 Å². The molecule has 5 heteroatoms. The molecule has 19 heavy (non-hydrogen) atoms.